The number of carbonyl (C=O) groups is 2. The Hall–Kier alpha value is -3.13. The summed E-state index contributed by atoms with van der Waals surface area (Å²) in [5.41, 5.74) is 2.90. The monoisotopic (exact) mass is 465 g/mol. The van der Waals surface area contributed by atoms with Crippen molar-refractivity contribution < 1.29 is 9.59 Å². The van der Waals surface area contributed by atoms with Gasteiger partial charge in [-0.15, -0.1) is 10.2 Å². The van der Waals surface area contributed by atoms with Crippen molar-refractivity contribution in [1.29, 1.82) is 0 Å². The quantitative estimate of drug-likeness (QED) is 0.446. The molecule has 3 aromatic rings. The summed E-state index contributed by atoms with van der Waals surface area (Å²) in [5.74, 6) is 0.833. The van der Waals surface area contributed by atoms with Crippen molar-refractivity contribution in [2.45, 2.75) is 38.4 Å². The molecule has 0 spiro atoms. The first kappa shape index (κ1) is 24.5. The Morgan fingerprint density at radius 2 is 1.73 bits per heavy atom. The molecule has 0 aliphatic carbocycles. The van der Waals surface area contributed by atoms with Crippen LogP contribution >= 0.6 is 11.8 Å². The molecule has 0 unspecified atom stereocenters. The van der Waals surface area contributed by atoms with Crippen LogP contribution in [0.1, 0.15) is 47.2 Å². The van der Waals surface area contributed by atoms with Crippen molar-refractivity contribution >= 4 is 23.6 Å². The number of amides is 2. The Balaban J connectivity index is 1.56. The molecule has 174 valence electrons. The minimum absolute atomic E-state index is 0.0476. The average molecular weight is 466 g/mol. The highest BCUT2D eigenvalue weighted by molar-refractivity contribution is 7.99. The standard InChI is InChI=1S/C25H31N5O2S/c1-17(2)22(27-24(32)20-12-10-18(3)11-13-20)23-28-29-25(30(23)4)33-16-21(31)26-15-14-19-8-6-5-7-9-19/h5-13,17,22H,14-16H2,1-4H3,(H,26,31)(H,27,32)/t22-/m0/s1. The molecule has 2 aromatic carbocycles. The fourth-order valence-electron chi connectivity index (χ4n) is 3.35. The van der Waals surface area contributed by atoms with Crippen LogP contribution in [0.2, 0.25) is 0 Å². The van der Waals surface area contributed by atoms with Crippen LogP contribution in [0, 0.1) is 12.8 Å². The molecule has 0 aliphatic rings. The van der Waals surface area contributed by atoms with Crippen LogP contribution in [0.3, 0.4) is 0 Å². The van der Waals surface area contributed by atoms with Gasteiger partial charge in [0.2, 0.25) is 5.91 Å². The third-order valence-corrected chi connectivity index (χ3v) is 6.35. The lowest BCUT2D eigenvalue weighted by atomic mass is 10.0. The largest absolute Gasteiger partial charge is 0.355 e. The second-order valence-electron chi connectivity index (χ2n) is 8.34. The SMILES string of the molecule is Cc1ccc(C(=O)N[C@H](c2nnc(SCC(=O)NCCc3ccccc3)n2C)C(C)C)cc1. The zero-order valence-corrected chi connectivity index (χ0v) is 20.4. The van der Waals surface area contributed by atoms with E-state index in [9.17, 15) is 9.59 Å². The molecule has 33 heavy (non-hydrogen) atoms. The number of hydrogen-bond donors (Lipinski definition) is 2. The number of benzene rings is 2. The molecule has 1 heterocycles. The topological polar surface area (TPSA) is 88.9 Å². The highest BCUT2D eigenvalue weighted by atomic mass is 32.2. The average Bonchev–Trinajstić information content (AvgIpc) is 3.16. The number of thioether (sulfide) groups is 1. The Morgan fingerprint density at radius 1 is 1.03 bits per heavy atom. The van der Waals surface area contributed by atoms with Gasteiger partial charge in [0, 0.05) is 19.2 Å². The summed E-state index contributed by atoms with van der Waals surface area (Å²) in [6.07, 6.45) is 0.794. The van der Waals surface area contributed by atoms with E-state index < -0.39 is 0 Å². The van der Waals surface area contributed by atoms with Crippen LogP contribution in [0.4, 0.5) is 0 Å². The zero-order valence-electron chi connectivity index (χ0n) is 19.5. The molecule has 0 saturated carbocycles. The minimum atomic E-state index is -0.301. The van der Waals surface area contributed by atoms with Gasteiger partial charge in [-0.05, 0) is 37.0 Å². The zero-order chi connectivity index (χ0) is 23.8. The van der Waals surface area contributed by atoms with Crippen LogP contribution in [0.25, 0.3) is 0 Å². The van der Waals surface area contributed by atoms with E-state index in [2.05, 4.69) is 20.8 Å². The summed E-state index contributed by atoms with van der Waals surface area (Å²) in [5, 5.41) is 15.2. The highest BCUT2D eigenvalue weighted by Gasteiger charge is 2.25. The fraction of sp³-hybridized carbons (Fsp3) is 0.360. The first-order chi connectivity index (χ1) is 15.8. The number of carbonyl (C=O) groups excluding carboxylic acids is 2. The van der Waals surface area contributed by atoms with Gasteiger partial charge in [-0.3, -0.25) is 9.59 Å². The van der Waals surface area contributed by atoms with Crippen LogP contribution in [-0.2, 0) is 18.3 Å². The lowest BCUT2D eigenvalue weighted by Gasteiger charge is -2.21. The van der Waals surface area contributed by atoms with E-state index in [1.165, 1.54) is 17.3 Å². The summed E-state index contributed by atoms with van der Waals surface area (Å²) in [6.45, 7) is 6.64. The lowest BCUT2D eigenvalue weighted by molar-refractivity contribution is -0.118. The molecule has 8 heteroatoms. The first-order valence-electron chi connectivity index (χ1n) is 11.1. The van der Waals surface area contributed by atoms with E-state index >= 15 is 0 Å². The van der Waals surface area contributed by atoms with Gasteiger partial charge in [-0.1, -0.05) is 73.6 Å². The van der Waals surface area contributed by atoms with E-state index in [1.807, 2.05) is 87.0 Å². The van der Waals surface area contributed by atoms with E-state index in [1.54, 1.807) is 0 Å². The van der Waals surface area contributed by atoms with Crippen LogP contribution in [0.15, 0.2) is 59.8 Å². The summed E-state index contributed by atoms with van der Waals surface area (Å²) < 4.78 is 1.85. The third kappa shape index (κ3) is 6.92. The van der Waals surface area contributed by atoms with Crippen LogP contribution < -0.4 is 10.6 Å². The Morgan fingerprint density at radius 3 is 2.39 bits per heavy atom. The second kappa shape index (κ2) is 11.7. The molecular weight excluding hydrogens is 434 g/mol. The molecule has 1 aromatic heterocycles. The summed E-state index contributed by atoms with van der Waals surface area (Å²) in [6, 6.07) is 17.2. The smallest absolute Gasteiger partial charge is 0.251 e. The van der Waals surface area contributed by atoms with E-state index in [4.69, 9.17) is 0 Å². The lowest BCUT2D eigenvalue weighted by Crippen LogP contribution is -2.33. The summed E-state index contributed by atoms with van der Waals surface area (Å²) in [7, 11) is 1.86. The number of aryl methyl sites for hydroxylation is 1. The number of nitrogens with one attached hydrogen (secondary N) is 2. The maximum Gasteiger partial charge on any atom is 0.251 e. The number of hydrogen-bond acceptors (Lipinski definition) is 5. The van der Waals surface area contributed by atoms with Gasteiger partial charge in [0.15, 0.2) is 11.0 Å². The van der Waals surface area contributed by atoms with Gasteiger partial charge in [0.1, 0.15) is 0 Å². The molecule has 3 rings (SSSR count). The normalized spacial score (nSPS) is 11.9. The van der Waals surface area contributed by atoms with Gasteiger partial charge in [0.25, 0.3) is 5.91 Å². The predicted octanol–water partition coefficient (Wildman–Crippen LogP) is 3.70. The van der Waals surface area contributed by atoms with Crippen LogP contribution in [-0.4, -0.2) is 38.9 Å². The van der Waals surface area contributed by atoms with Crippen molar-refractivity contribution in [2.24, 2.45) is 13.0 Å². The maximum atomic E-state index is 12.8. The number of aromatic nitrogens is 3. The van der Waals surface area contributed by atoms with Crippen LogP contribution in [0.5, 0.6) is 0 Å². The summed E-state index contributed by atoms with van der Waals surface area (Å²) >= 11 is 1.33. The van der Waals surface area contributed by atoms with Crippen molar-refractivity contribution in [3.05, 3.63) is 77.1 Å². The van der Waals surface area contributed by atoms with Crippen molar-refractivity contribution in [2.75, 3.05) is 12.3 Å². The Labute approximate surface area is 199 Å². The number of nitrogens with zero attached hydrogens (tertiary/aromatic N) is 3. The van der Waals surface area contributed by atoms with Gasteiger partial charge >= 0.3 is 0 Å². The third-order valence-electron chi connectivity index (χ3n) is 5.32. The molecule has 1 atom stereocenters. The van der Waals surface area contributed by atoms with Gasteiger partial charge in [-0.25, -0.2) is 0 Å². The maximum absolute atomic E-state index is 12.8. The molecule has 2 amide bonds. The first-order valence-corrected chi connectivity index (χ1v) is 12.0. The van der Waals surface area contributed by atoms with Gasteiger partial charge < -0.3 is 15.2 Å². The van der Waals surface area contributed by atoms with Crippen molar-refractivity contribution in [1.82, 2.24) is 25.4 Å². The predicted molar refractivity (Wildman–Crippen MR) is 131 cm³/mol. The minimum Gasteiger partial charge on any atom is -0.355 e. The molecule has 0 bridgehead atoms. The molecule has 0 fully saturated rings. The van der Waals surface area contributed by atoms with Crippen molar-refractivity contribution in [3.8, 4) is 0 Å². The molecule has 0 aliphatic heterocycles. The van der Waals surface area contributed by atoms with Gasteiger partial charge in [-0.2, -0.15) is 0 Å². The summed E-state index contributed by atoms with van der Waals surface area (Å²) in [4.78, 5) is 25.0. The fourth-order valence-corrected chi connectivity index (χ4v) is 4.10. The highest BCUT2D eigenvalue weighted by Crippen LogP contribution is 2.24. The Kier molecular flexibility index (Phi) is 8.65. The molecular formula is C25H31N5O2S. The molecule has 7 nitrogen and oxygen atoms in total. The van der Waals surface area contributed by atoms with E-state index in [0.29, 0.717) is 23.1 Å². The molecule has 0 saturated heterocycles. The van der Waals surface area contributed by atoms with E-state index in [0.717, 1.165) is 12.0 Å². The molecule has 2 N–H and O–H groups in total. The second-order valence-corrected chi connectivity index (χ2v) is 9.28. The number of rotatable bonds is 10. The van der Waals surface area contributed by atoms with Crippen molar-refractivity contribution in [3.63, 3.8) is 0 Å². The van der Waals surface area contributed by atoms with E-state index in [-0.39, 0.29) is 29.5 Å². The van der Waals surface area contributed by atoms with Gasteiger partial charge in [0.05, 0.1) is 11.8 Å². The Bertz CT molecular complexity index is 1060. The molecule has 0 radical (unpaired) electrons.